The lowest BCUT2D eigenvalue weighted by atomic mass is 10.1. The SMILES string of the molecule is CC1CN(S(=O)(=O)c2cccc(C(=O)NCC(C)C(=O)O)c2)CC(C)O1. The molecule has 0 aromatic heterocycles. The Balaban J connectivity index is 2.17. The van der Waals surface area contributed by atoms with Gasteiger partial charge in [0.2, 0.25) is 10.0 Å². The molecule has 3 atom stereocenters. The molecule has 0 spiro atoms. The molecule has 0 saturated carbocycles. The quantitative estimate of drug-likeness (QED) is 0.755. The highest BCUT2D eigenvalue weighted by atomic mass is 32.2. The topological polar surface area (TPSA) is 113 Å². The molecule has 1 aliphatic rings. The number of rotatable bonds is 6. The average Bonchev–Trinajstić information content (AvgIpc) is 2.58. The molecule has 1 amide bonds. The summed E-state index contributed by atoms with van der Waals surface area (Å²) in [5.74, 6) is -2.27. The Morgan fingerprint density at radius 3 is 2.50 bits per heavy atom. The first-order valence-corrected chi connectivity index (χ1v) is 9.82. The number of hydrogen-bond donors (Lipinski definition) is 2. The third-order valence-corrected chi connectivity index (χ3v) is 5.94. The maximum absolute atomic E-state index is 12.9. The van der Waals surface area contributed by atoms with Gasteiger partial charge in [0.15, 0.2) is 0 Å². The summed E-state index contributed by atoms with van der Waals surface area (Å²) >= 11 is 0. The number of benzene rings is 1. The van der Waals surface area contributed by atoms with Crippen LogP contribution in [0.4, 0.5) is 0 Å². The van der Waals surface area contributed by atoms with E-state index in [2.05, 4.69) is 5.32 Å². The van der Waals surface area contributed by atoms with Crippen LogP contribution in [-0.4, -0.2) is 61.5 Å². The Bertz CT molecular complexity index is 769. The molecule has 1 aromatic rings. The number of nitrogens with one attached hydrogen (secondary N) is 1. The number of amides is 1. The van der Waals surface area contributed by atoms with Crippen molar-refractivity contribution >= 4 is 21.9 Å². The molecule has 1 aliphatic heterocycles. The fourth-order valence-corrected chi connectivity index (χ4v) is 4.35. The number of hydrogen-bond acceptors (Lipinski definition) is 5. The molecule has 1 fully saturated rings. The number of ether oxygens (including phenoxy) is 1. The van der Waals surface area contributed by atoms with E-state index in [1.807, 2.05) is 13.8 Å². The number of carboxylic acids is 1. The molecule has 2 N–H and O–H groups in total. The zero-order valence-electron chi connectivity index (χ0n) is 15.0. The van der Waals surface area contributed by atoms with E-state index in [0.29, 0.717) is 0 Å². The van der Waals surface area contributed by atoms with Crippen molar-refractivity contribution in [1.82, 2.24) is 9.62 Å². The molecule has 9 heteroatoms. The van der Waals surface area contributed by atoms with Crippen molar-refractivity contribution in [2.75, 3.05) is 19.6 Å². The van der Waals surface area contributed by atoms with Crippen LogP contribution in [0.1, 0.15) is 31.1 Å². The molecular weight excluding hydrogens is 360 g/mol. The van der Waals surface area contributed by atoms with Crippen LogP contribution in [0.5, 0.6) is 0 Å². The third kappa shape index (κ3) is 4.80. The van der Waals surface area contributed by atoms with Crippen molar-refractivity contribution < 1.29 is 27.9 Å². The first-order chi connectivity index (χ1) is 12.1. The van der Waals surface area contributed by atoms with Crippen molar-refractivity contribution in [2.24, 2.45) is 5.92 Å². The molecule has 0 radical (unpaired) electrons. The van der Waals surface area contributed by atoms with E-state index in [1.165, 1.54) is 35.5 Å². The summed E-state index contributed by atoms with van der Waals surface area (Å²) in [6.07, 6.45) is -0.421. The fraction of sp³-hybridized carbons (Fsp3) is 0.529. The van der Waals surface area contributed by atoms with Gasteiger partial charge < -0.3 is 15.2 Å². The minimum Gasteiger partial charge on any atom is -0.481 e. The number of carbonyl (C=O) groups excluding carboxylic acids is 1. The summed E-state index contributed by atoms with van der Waals surface area (Å²) in [4.78, 5) is 23.0. The average molecular weight is 384 g/mol. The Morgan fingerprint density at radius 2 is 1.92 bits per heavy atom. The van der Waals surface area contributed by atoms with Gasteiger partial charge in [-0.15, -0.1) is 0 Å². The molecule has 1 saturated heterocycles. The highest BCUT2D eigenvalue weighted by molar-refractivity contribution is 7.89. The second-order valence-electron chi connectivity index (χ2n) is 6.56. The van der Waals surface area contributed by atoms with Gasteiger partial charge in [-0.2, -0.15) is 4.31 Å². The van der Waals surface area contributed by atoms with E-state index in [1.54, 1.807) is 0 Å². The van der Waals surface area contributed by atoms with E-state index in [4.69, 9.17) is 9.84 Å². The normalized spacial score (nSPS) is 22.6. The van der Waals surface area contributed by atoms with Gasteiger partial charge in [0.1, 0.15) is 0 Å². The minimum atomic E-state index is -3.75. The number of sulfonamides is 1. The van der Waals surface area contributed by atoms with Gasteiger partial charge >= 0.3 is 5.97 Å². The van der Waals surface area contributed by atoms with Crippen molar-refractivity contribution in [1.29, 1.82) is 0 Å². The predicted octanol–water partition coefficient (Wildman–Crippen LogP) is 0.935. The van der Waals surface area contributed by atoms with Crippen LogP contribution in [-0.2, 0) is 19.6 Å². The molecule has 1 aromatic carbocycles. The van der Waals surface area contributed by atoms with E-state index in [0.717, 1.165) is 0 Å². The van der Waals surface area contributed by atoms with Crippen molar-refractivity contribution in [3.8, 4) is 0 Å². The first-order valence-electron chi connectivity index (χ1n) is 8.38. The molecule has 2 rings (SSSR count). The lowest BCUT2D eigenvalue weighted by Gasteiger charge is -2.34. The smallest absolute Gasteiger partial charge is 0.308 e. The van der Waals surface area contributed by atoms with Gasteiger partial charge in [0.05, 0.1) is 23.0 Å². The minimum absolute atomic E-state index is 0.0257. The van der Waals surface area contributed by atoms with Crippen molar-refractivity contribution in [2.45, 2.75) is 37.9 Å². The molecule has 8 nitrogen and oxygen atoms in total. The van der Waals surface area contributed by atoms with Crippen molar-refractivity contribution in [3.05, 3.63) is 29.8 Å². The van der Waals surface area contributed by atoms with Crippen LogP contribution in [0.25, 0.3) is 0 Å². The molecule has 144 valence electrons. The molecule has 0 bridgehead atoms. The number of morpholine rings is 1. The highest BCUT2D eigenvalue weighted by Gasteiger charge is 2.32. The lowest BCUT2D eigenvalue weighted by Crippen LogP contribution is -2.48. The monoisotopic (exact) mass is 384 g/mol. The van der Waals surface area contributed by atoms with E-state index in [-0.39, 0.29) is 42.3 Å². The number of nitrogens with zero attached hydrogens (tertiary/aromatic N) is 1. The van der Waals surface area contributed by atoms with E-state index in [9.17, 15) is 18.0 Å². The Kier molecular flexibility index (Phi) is 6.38. The Hall–Kier alpha value is -1.97. The fourth-order valence-electron chi connectivity index (χ4n) is 2.71. The van der Waals surface area contributed by atoms with Crippen LogP contribution in [0.15, 0.2) is 29.2 Å². The summed E-state index contributed by atoms with van der Waals surface area (Å²) in [5, 5.41) is 11.4. The first kappa shape index (κ1) is 20.3. The number of carboxylic acid groups (broad SMARTS) is 1. The van der Waals surface area contributed by atoms with E-state index < -0.39 is 27.8 Å². The summed E-state index contributed by atoms with van der Waals surface area (Å²) in [7, 11) is -3.75. The van der Waals surface area contributed by atoms with Gasteiger partial charge in [-0.05, 0) is 32.0 Å². The molecular formula is C17H24N2O6S. The predicted molar refractivity (Wildman–Crippen MR) is 94.3 cm³/mol. The van der Waals surface area contributed by atoms with Gasteiger partial charge in [-0.25, -0.2) is 8.42 Å². The lowest BCUT2D eigenvalue weighted by molar-refractivity contribution is -0.140. The van der Waals surface area contributed by atoms with Gasteiger partial charge in [-0.1, -0.05) is 13.0 Å². The summed E-state index contributed by atoms with van der Waals surface area (Å²) in [6.45, 7) is 5.56. The van der Waals surface area contributed by atoms with Crippen LogP contribution in [0.2, 0.25) is 0 Å². The third-order valence-electron chi connectivity index (χ3n) is 4.11. The maximum atomic E-state index is 12.9. The number of carbonyl (C=O) groups is 2. The standard InChI is InChI=1S/C17H24N2O6S/c1-11(17(21)22)8-18-16(20)14-5-4-6-15(7-14)26(23,24)19-9-12(2)25-13(3)10-19/h4-7,11-13H,8-10H2,1-3H3,(H,18,20)(H,21,22). The zero-order chi connectivity index (χ0) is 19.5. The molecule has 0 aliphatic carbocycles. The van der Waals surface area contributed by atoms with E-state index >= 15 is 0 Å². The van der Waals surface area contributed by atoms with Crippen LogP contribution in [0.3, 0.4) is 0 Å². The Labute approximate surface area is 153 Å². The molecule has 1 heterocycles. The molecule has 26 heavy (non-hydrogen) atoms. The Morgan fingerprint density at radius 1 is 1.31 bits per heavy atom. The van der Waals surface area contributed by atoms with Gasteiger partial charge in [0.25, 0.3) is 5.91 Å². The molecule has 3 unspecified atom stereocenters. The zero-order valence-corrected chi connectivity index (χ0v) is 15.8. The second kappa shape index (κ2) is 8.15. The van der Waals surface area contributed by atoms with Crippen LogP contribution < -0.4 is 5.32 Å². The van der Waals surface area contributed by atoms with Gasteiger partial charge in [-0.3, -0.25) is 9.59 Å². The summed E-state index contributed by atoms with van der Waals surface area (Å²) in [5.41, 5.74) is 0.165. The second-order valence-corrected chi connectivity index (χ2v) is 8.49. The number of aliphatic carboxylic acids is 1. The highest BCUT2D eigenvalue weighted by Crippen LogP contribution is 2.22. The maximum Gasteiger partial charge on any atom is 0.308 e. The van der Waals surface area contributed by atoms with Crippen molar-refractivity contribution in [3.63, 3.8) is 0 Å². The van der Waals surface area contributed by atoms with Crippen LogP contribution >= 0.6 is 0 Å². The summed E-state index contributed by atoms with van der Waals surface area (Å²) < 4.78 is 32.7. The summed E-state index contributed by atoms with van der Waals surface area (Å²) in [6, 6.07) is 5.73. The largest absolute Gasteiger partial charge is 0.481 e. The van der Waals surface area contributed by atoms with Crippen LogP contribution in [0, 0.1) is 5.92 Å². The van der Waals surface area contributed by atoms with Gasteiger partial charge in [0, 0.05) is 25.2 Å².